The van der Waals surface area contributed by atoms with Gasteiger partial charge in [-0.2, -0.15) is 0 Å². The normalized spacial score (nSPS) is 13.0. The second-order valence-electron chi connectivity index (χ2n) is 3.56. The molecule has 0 aliphatic rings. The molecule has 0 aliphatic heterocycles. The standard InChI is InChI=1S/C10H14N2O5S/c1-7(10(13)14)18(15,16)12-6-8-3-4-9(17-2)11-5-8/h3-5,7,12H,6H2,1-2H3,(H,13,14). The van der Waals surface area contributed by atoms with E-state index in [0.717, 1.165) is 6.92 Å². The highest BCUT2D eigenvalue weighted by molar-refractivity contribution is 7.90. The zero-order valence-electron chi connectivity index (χ0n) is 9.95. The molecule has 1 heterocycles. The van der Waals surface area contributed by atoms with E-state index in [1.54, 1.807) is 12.1 Å². The van der Waals surface area contributed by atoms with Crippen LogP contribution in [0.15, 0.2) is 18.3 Å². The number of carbonyl (C=O) groups is 1. The molecular weight excluding hydrogens is 260 g/mol. The van der Waals surface area contributed by atoms with Crippen molar-refractivity contribution in [3.05, 3.63) is 23.9 Å². The van der Waals surface area contributed by atoms with Crippen LogP contribution in [0.4, 0.5) is 0 Å². The Morgan fingerprint density at radius 2 is 2.22 bits per heavy atom. The molecule has 0 radical (unpaired) electrons. The summed E-state index contributed by atoms with van der Waals surface area (Å²) in [6, 6.07) is 3.23. The fourth-order valence-electron chi connectivity index (χ4n) is 1.08. The summed E-state index contributed by atoms with van der Waals surface area (Å²) in [5.74, 6) is -0.976. The first-order valence-electron chi connectivity index (χ1n) is 5.07. The summed E-state index contributed by atoms with van der Waals surface area (Å²) in [6.07, 6.45) is 1.45. The number of aromatic nitrogens is 1. The van der Waals surface area contributed by atoms with Crippen molar-refractivity contribution in [1.29, 1.82) is 0 Å². The van der Waals surface area contributed by atoms with Gasteiger partial charge in [-0.15, -0.1) is 0 Å². The Labute approximate surface area is 105 Å². The van der Waals surface area contributed by atoms with Crippen LogP contribution in [0.3, 0.4) is 0 Å². The van der Waals surface area contributed by atoms with Gasteiger partial charge < -0.3 is 9.84 Å². The topological polar surface area (TPSA) is 106 Å². The van der Waals surface area contributed by atoms with Gasteiger partial charge >= 0.3 is 5.97 Å². The largest absolute Gasteiger partial charge is 0.481 e. The lowest BCUT2D eigenvalue weighted by Gasteiger charge is -2.10. The lowest BCUT2D eigenvalue weighted by atomic mass is 10.3. The van der Waals surface area contributed by atoms with Crippen LogP contribution in [0.25, 0.3) is 0 Å². The van der Waals surface area contributed by atoms with Crippen LogP contribution < -0.4 is 9.46 Å². The van der Waals surface area contributed by atoms with Crippen molar-refractivity contribution in [3.63, 3.8) is 0 Å². The Balaban J connectivity index is 2.67. The van der Waals surface area contributed by atoms with Crippen LogP contribution in [-0.2, 0) is 21.4 Å². The quantitative estimate of drug-likeness (QED) is 0.755. The molecule has 100 valence electrons. The van der Waals surface area contributed by atoms with Crippen molar-refractivity contribution >= 4 is 16.0 Å². The van der Waals surface area contributed by atoms with Gasteiger partial charge in [0.2, 0.25) is 15.9 Å². The number of hydrogen-bond acceptors (Lipinski definition) is 5. The molecule has 2 N–H and O–H groups in total. The third-order valence-corrected chi connectivity index (χ3v) is 3.98. The Bertz CT molecular complexity index is 512. The molecule has 1 rings (SSSR count). The number of hydrogen-bond donors (Lipinski definition) is 2. The Kier molecular flexibility index (Phi) is 4.62. The molecule has 0 bridgehead atoms. The van der Waals surface area contributed by atoms with Gasteiger partial charge in [0, 0.05) is 18.8 Å². The molecule has 7 nitrogen and oxygen atoms in total. The van der Waals surface area contributed by atoms with E-state index < -0.39 is 21.2 Å². The van der Waals surface area contributed by atoms with Crippen LogP contribution >= 0.6 is 0 Å². The van der Waals surface area contributed by atoms with Crippen LogP contribution in [0, 0.1) is 0 Å². The average molecular weight is 274 g/mol. The molecule has 0 aromatic carbocycles. The zero-order valence-corrected chi connectivity index (χ0v) is 10.8. The predicted octanol–water partition coefficient (Wildman–Crippen LogP) is -0.0173. The SMILES string of the molecule is COc1ccc(CNS(=O)(=O)C(C)C(=O)O)cn1. The molecule has 1 atom stereocenters. The molecule has 0 saturated carbocycles. The molecule has 1 unspecified atom stereocenters. The first-order valence-corrected chi connectivity index (χ1v) is 6.61. The molecule has 0 fully saturated rings. The number of nitrogens with one attached hydrogen (secondary N) is 1. The molecule has 8 heteroatoms. The Morgan fingerprint density at radius 3 is 2.67 bits per heavy atom. The van der Waals surface area contributed by atoms with E-state index in [9.17, 15) is 13.2 Å². The number of nitrogens with zero attached hydrogens (tertiary/aromatic N) is 1. The number of carboxylic acids is 1. The molecule has 0 saturated heterocycles. The van der Waals surface area contributed by atoms with Gasteiger partial charge in [-0.1, -0.05) is 6.07 Å². The first-order chi connectivity index (χ1) is 8.36. The predicted molar refractivity (Wildman–Crippen MR) is 63.6 cm³/mol. The molecule has 0 aliphatic carbocycles. The first kappa shape index (κ1) is 14.4. The summed E-state index contributed by atoms with van der Waals surface area (Å²) in [6.45, 7) is 1.09. The fraction of sp³-hybridized carbons (Fsp3) is 0.400. The smallest absolute Gasteiger partial charge is 0.323 e. The van der Waals surface area contributed by atoms with Gasteiger partial charge in [0.15, 0.2) is 5.25 Å². The molecule has 1 aromatic rings. The second kappa shape index (κ2) is 5.78. The van der Waals surface area contributed by atoms with E-state index in [2.05, 4.69) is 9.71 Å². The van der Waals surface area contributed by atoms with Crippen LogP contribution in [0.2, 0.25) is 0 Å². The molecule has 0 spiro atoms. The summed E-state index contributed by atoms with van der Waals surface area (Å²) >= 11 is 0. The summed E-state index contributed by atoms with van der Waals surface area (Å²) in [4.78, 5) is 14.5. The highest BCUT2D eigenvalue weighted by Gasteiger charge is 2.26. The number of pyridine rings is 1. The van der Waals surface area contributed by atoms with E-state index in [0.29, 0.717) is 11.4 Å². The van der Waals surface area contributed by atoms with E-state index in [-0.39, 0.29) is 6.54 Å². The fourth-order valence-corrected chi connectivity index (χ4v) is 1.96. The Morgan fingerprint density at radius 1 is 1.56 bits per heavy atom. The van der Waals surface area contributed by atoms with E-state index >= 15 is 0 Å². The molecule has 0 amide bonds. The highest BCUT2D eigenvalue weighted by Crippen LogP contribution is 2.07. The summed E-state index contributed by atoms with van der Waals surface area (Å²) in [5, 5.41) is 7.14. The van der Waals surface area contributed by atoms with E-state index in [1.807, 2.05) is 0 Å². The van der Waals surface area contributed by atoms with Gasteiger partial charge in [-0.3, -0.25) is 4.79 Å². The van der Waals surface area contributed by atoms with Crippen LogP contribution in [-0.4, -0.2) is 36.8 Å². The minimum Gasteiger partial charge on any atom is -0.481 e. The lowest BCUT2D eigenvalue weighted by molar-refractivity contribution is -0.136. The second-order valence-corrected chi connectivity index (χ2v) is 5.64. The zero-order chi connectivity index (χ0) is 13.8. The number of sulfonamides is 1. The summed E-state index contributed by atoms with van der Waals surface area (Å²) < 4.78 is 30.1. The number of ether oxygens (including phenoxy) is 1. The van der Waals surface area contributed by atoms with Crippen molar-refractivity contribution in [1.82, 2.24) is 9.71 Å². The summed E-state index contributed by atoms with van der Waals surface area (Å²) in [7, 11) is -2.41. The molecule has 1 aromatic heterocycles. The number of methoxy groups -OCH3 is 1. The van der Waals surface area contributed by atoms with Gasteiger partial charge in [-0.05, 0) is 12.5 Å². The molecule has 18 heavy (non-hydrogen) atoms. The number of carboxylic acid groups (broad SMARTS) is 1. The van der Waals surface area contributed by atoms with E-state index in [4.69, 9.17) is 9.84 Å². The maximum atomic E-state index is 11.5. The van der Waals surface area contributed by atoms with Crippen molar-refractivity contribution < 1.29 is 23.1 Å². The van der Waals surface area contributed by atoms with Crippen molar-refractivity contribution in [2.24, 2.45) is 0 Å². The minimum absolute atomic E-state index is 0.0169. The number of rotatable bonds is 6. The third kappa shape index (κ3) is 3.67. The monoisotopic (exact) mass is 274 g/mol. The van der Waals surface area contributed by atoms with Crippen LogP contribution in [0.1, 0.15) is 12.5 Å². The van der Waals surface area contributed by atoms with Crippen molar-refractivity contribution in [3.8, 4) is 5.88 Å². The van der Waals surface area contributed by atoms with Gasteiger partial charge in [0.25, 0.3) is 0 Å². The maximum absolute atomic E-state index is 11.5. The number of aliphatic carboxylic acids is 1. The molecular formula is C10H14N2O5S. The third-order valence-electron chi connectivity index (χ3n) is 2.30. The van der Waals surface area contributed by atoms with E-state index in [1.165, 1.54) is 13.3 Å². The van der Waals surface area contributed by atoms with Gasteiger partial charge in [-0.25, -0.2) is 18.1 Å². The summed E-state index contributed by atoms with van der Waals surface area (Å²) in [5.41, 5.74) is 0.608. The van der Waals surface area contributed by atoms with Crippen molar-refractivity contribution in [2.45, 2.75) is 18.7 Å². The van der Waals surface area contributed by atoms with Crippen LogP contribution in [0.5, 0.6) is 5.88 Å². The van der Waals surface area contributed by atoms with Gasteiger partial charge in [0.05, 0.1) is 7.11 Å². The highest BCUT2D eigenvalue weighted by atomic mass is 32.2. The minimum atomic E-state index is -3.88. The van der Waals surface area contributed by atoms with Gasteiger partial charge in [0.1, 0.15) is 0 Å². The van der Waals surface area contributed by atoms with Crippen molar-refractivity contribution in [2.75, 3.05) is 7.11 Å². The maximum Gasteiger partial charge on any atom is 0.323 e. The Hall–Kier alpha value is -1.67. The average Bonchev–Trinajstić information content (AvgIpc) is 2.36. The lowest BCUT2D eigenvalue weighted by Crippen LogP contribution is -2.37.